The van der Waals surface area contributed by atoms with Crippen molar-refractivity contribution in [3.63, 3.8) is 0 Å². The second-order valence-electron chi connectivity index (χ2n) is 15.4. The van der Waals surface area contributed by atoms with Crippen molar-refractivity contribution in [3.05, 3.63) is 47.5 Å². The van der Waals surface area contributed by atoms with E-state index >= 15 is 0 Å². The molecule has 0 radical (unpaired) electrons. The van der Waals surface area contributed by atoms with Crippen LogP contribution in [0.1, 0.15) is 87.4 Å². The number of aliphatic hydroxyl groups excluding tert-OH is 1. The number of aliphatic imine (C=N–C) groups is 1. The maximum Gasteiger partial charge on any atom is 0.256 e. The van der Waals surface area contributed by atoms with Gasteiger partial charge >= 0.3 is 0 Å². The highest BCUT2D eigenvalue weighted by Gasteiger charge is 2.46. The molecule has 1 N–H and O–H groups in total. The Bertz CT molecular complexity index is 1660. The lowest BCUT2D eigenvalue weighted by molar-refractivity contribution is 0.0460. The van der Waals surface area contributed by atoms with E-state index in [-0.39, 0.29) is 29.3 Å². The van der Waals surface area contributed by atoms with E-state index in [1.165, 1.54) is 0 Å². The number of unbranched alkanes of at least 4 members (excludes halogenated alkanes) is 2. The quantitative estimate of drug-likeness (QED) is 0.242. The maximum absolute atomic E-state index is 13.7. The van der Waals surface area contributed by atoms with Crippen LogP contribution in [0.25, 0.3) is 0 Å². The number of anilines is 1. The first kappa shape index (κ1) is 34.6. The molecular weight excluding hydrogens is 624 g/mol. The standard InChI is InChI=1S/C38H50N4O7/c1-23-14-29-36(45)42(37(2,3)4)28-18-33(31(47-8)16-26(28)35(44)40(29)21-23)49-13-11-9-10-12-48-32-17-27-25(15-30(32)46-7)34(43)41-22-38(5,6)19-24(41)20-39-27/h15-18,20,24,29,36,45H,1,9-14,19,21-22H2,2-8H3/t24-,29-,36?/m0/s1. The first-order valence-corrected chi connectivity index (χ1v) is 17.2. The summed E-state index contributed by atoms with van der Waals surface area (Å²) in [7, 11) is 3.14. The average Bonchev–Trinajstić information content (AvgIpc) is 3.54. The Balaban J connectivity index is 1.08. The molecule has 0 spiro atoms. The fourth-order valence-electron chi connectivity index (χ4n) is 7.58. The minimum atomic E-state index is -0.902. The van der Waals surface area contributed by atoms with E-state index in [9.17, 15) is 14.7 Å². The van der Waals surface area contributed by atoms with Gasteiger partial charge in [0, 0.05) is 37.0 Å². The van der Waals surface area contributed by atoms with E-state index in [2.05, 4.69) is 25.4 Å². The molecule has 264 valence electrons. The van der Waals surface area contributed by atoms with Gasteiger partial charge in [-0.05, 0) is 70.4 Å². The second kappa shape index (κ2) is 13.2. The average molecular weight is 675 g/mol. The van der Waals surface area contributed by atoms with E-state index in [1.807, 2.05) is 42.9 Å². The molecule has 11 nitrogen and oxygen atoms in total. The molecule has 1 unspecified atom stereocenters. The predicted octanol–water partition coefficient (Wildman–Crippen LogP) is 6.00. The fraction of sp³-hybridized carbons (Fsp3) is 0.553. The van der Waals surface area contributed by atoms with Gasteiger partial charge in [0.15, 0.2) is 23.0 Å². The van der Waals surface area contributed by atoms with Crippen molar-refractivity contribution >= 4 is 29.4 Å². The number of aliphatic hydroxyl groups is 1. The van der Waals surface area contributed by atoms with Gasteiger partial charge in [-0.1, -0.05) is 26.0 Å². The number of nitrogens with zero attached hydrogens (tertiary/aromatic N) is 4. The molecule has 4 aliphatic rings. The van der Waals surface area contributed by atoms with Gasteiger partial charge < -0.3 is 38.8 Å². The summed E-state index contributed by atoms with van der Waals surface area (Å²) in [6.45, 7) is 16.5. The van der Waals surface area contributed by atoms with Gasteiger partial charge in [-0.25, -0.2) is 0 Å². The highest BCUT2D eigenvalue weighted by atomic mass is 16.5. The molecule has 0 saturated carbocycles. The first-order valence-electron chi connectivity index (χ1n) is 17.2. The summed E-state index contributed by atoms with van der Waals surface area (Å²) in [6, 6.07) is 6.70. The molecule has 49 heavy (non-hydrogen) atoms. The normalized spacial score (nSPS) is 22.7. The summed E-state index contributed by atoms with van der Waals surface area (Å²) >= 11 is 0. The van der Waals surface area contributed by atoms with Crippen LogP contribution >= 0.6 is 0 Å². The molecule has 0 bridgehead atoms. The van der Waals surface area contributed by atoms with Crippen LogP contribution in [0, 0.1) is 5.41 Å². The van der Waals surface area contributed by atoms with E-state index in [0.29, 0.717) is 78.2 Å². The van der Waals surface area contributed by atoms with Crippen LogP contribution in [0.3, 0.4) is 0 Å². The van der Waals surface area contributed by atoms with Crippen molar-refractivity contribution in [2.45, 2.75) is 90.6 Å². The number of hydrogen-bond acceptors (Lipinski definition) is 9. The van der Waals surface area contributed by atoms with Crippen LogP contribution in [-0.4, -0.2) is 97.3 Å². The van der Waals surface area contributed by atoms with Gasteiger partial charge in [0.25, 0.3) is 11.8 Å². The van der Waals surface area contributed by atoms with Crippen LogP contribution in [0.4, 0.5) is 11.4 Å². The monoisotopic (exact) mass is 674 g/mol. The minimum absolute atomic E-state index is 0.0108. The van der Waals surface area contributed by atoms with Crippen LogP contribution in [0.5, 0.6) is 23.0 Å². The van der Waals surface area contributed by atoms with E-state index < -0.39 is 11.8 Å². The lowest BCUT2D eigenvalue weighted by Gasteiger charge is -2.43. The zero-order valence-electron chi connectivity index (χ0n) is 29.9. The number of carbonyl (C=O) groups is 2. The third-order valence-corrected chi connectivity index (χ3v) is 9.88. The summed E-state index contributed by atoms with van der Waals surface area (Å²) in [4.78, 5) is 37.4. The van der Waals surface area contributed by atoms with Gasteiger partial charge in [0.1, 0.15) is 6.23 Å². The molecule has 4 aliphatic heterocycles. The van der Waals surface area contributed by atoms with Crippen molar-refractivity contribution in [2.75, 3.05) is 45.4 Å². The van der Waals surface area contributed by atoms with Gasteiger partial charge in [-0.15, -0.1) is 0 Å². The van der Waals surface area contributed by atoms with Crippen molar-refractivity contribution in [3.8, 4) is 23.0 Å². The van der Waals surface area contributed by atoms with Crippen molar-refractivity contribution in [2.24, 2.45) is 10.4 Å². The zero-order chi connectivity index (χ0) is 35.2. The summed E-state index contributed by atoms with van der Waals surface area (Å²) in [5.41, 5.74) is 2.73. The van der Waals surface area contributed by atoms with Crippen molar-refractivity contribution in [1.82, 2.24) is 9.80 Å². The topological polar surface area (TPSA) is 113 Å². The summed E-state index contributed by atoms with van der Waals surface area (Å²) < 4.78 is 23.6. The molecule has 0 aromatic heterocycles. The number of amides is 2. The summed E-state index contributed by atoms with van der Waals surface area (Å²) in [5.74, 6) is 1.88. The minimum Gasteiger partial charge on any atom is -0.493 e. The summed E-state index contributed by atoms with van der Waals surface area (Å²) in [6.07, 6.45) is 4.81. The highest BCUT2D eigenvalue weighted by molar-refractivity contribution is 6.04. The van der Waals surface area contributed by atoms with E-state index in [4.69, 9.17) is 18.9 Å². The highest BCUT2D eigenvalue weighted by Crippen LogP contribution is 2.44. The smallest absolute Gasteiger partial charge is 0.256 e. The number of hydrogen-bond donors (Lipinski definition) is 1. The van der Waals surface area contributed by atoms with Crippen LogP contribution in [-0.2, 0) is 0 Å². The molecule has 11 heteroatoms. The molecular formula is C38H50N4O7. The Kier molecular flexibility index (Phi) is 9.34. The van der Waals surface area contributed by atoms with Gasteiger partial charge in [0.05, 0.1) is 62.0 Å². The number of ether oxygens (including phenoxy) is 4. The fourth-order valence-corrected chi connectivity index (χ4v) is 7.58. The zero-order valence-corrected chi connectivity index (χ0v) is 29.9. The number of carbonyl (C=O) groups excluding carboxylic acids is 2. The van der Waals surface area contributed by atoms with Crippen LogP contribution in [0.2, 0.25) is 0 Å². The Hall–Kier alpha value is -4.25. The first-order chi connectivity index (χ1) is 23.2. The lowest BCUT2D eigenvalue weighted by Crippen LogP contribution is -2.55. The Labute approximate surface area is 289 Å². The van der Waals surface area contributed by atoms with E-state index in [0.717, 1.165) is 31.3 Å². The number of rotatable bonds is 10. The Morgan fingerprint density at radius 2 is 1.51 bits per heavy atom. The lowest BCUT2D eigenvalue weighted by atomic mass is 9.91. The SMILES string of the molecule is C=C1C[C@H]2C(O)N(C(C)(C)C)c3cc(OCCCCCOc4cc5c(cc4OC)C(=O)N4CC(C)(C)C[C@H]4C=N5)c(OC)cc3C(=O)N2C1. The largest absolute Gasteiger partial charge is 0.493 e. The molecule has 2 fully saturated rings. The molecule has 2 aromatic rings. The molecule has 2 saturated heterocycles. The van der Waals surface area contributed by atoms with Gasteiger partial charge in [0.2, 0.25) is 0 Å². The van der Waals surface area contributed by atoms with Crippen molar-refractivity contribution < 1.29 is 33.6 Å². The molecule has 3 atom stereocenters. The predicted molar refractivity (Wildman–Crippen MR) is 189 cm³/mol. The number of methoxy groups -OCH3 is 2. The molecule has 6 rings (SSSR count). The Morgan fingerprint density at radius 3 is 2.14 bits per heavy atom. The third kappa shape index (κ3) is 6.69. The van der Waals surface area contributed by atoms with Crippen LogP contribution < -0.4 is 23.8 Å². The maximum atomic E-state index is 13.7. The van der Waals surface area contributed by atoms with Crippen LogP contribution in [0.15, 0.2) is 41.4 Å². The molecule has 4 heterocycles. The van der Waals surface area contributed by atoms with Gasteiger partial charge in [-0.2, -0.15) is 0 Å². The van der Waals surface area contributed by atoms with Gasteiger partial charge in [-0.3, -0.25) is 14.6 Å². The molecule has 2 amide bonds. The second-order valence-corrected chi connectivity index (χ2v) is 15.4. The molecule has 0 aliphatic carbocycles. The van der Waals surface area contributed by atoms with E-state index in [1.54, 1.807) is 37.3 Å². The number of fused-ring (bicyclic) bond motifs is 4. The summed E-state index contributed by atoms with van der Waals surface area (Å²) in [5, 5.41) is 11.6. The third-order valence-electron chi connectivity index (χ3n) is 9.88. The molecule has 2 aromatic carbocycles. The number of benzene rings is 2. The van der Waals surface area contributed by atoms with Crippen molar-refractivity contribution in [1.29, 1.82) is 0 Å². The Morgan fingerprint density at radius 1 is 0.898 bits per heavy atom.